The van der Waals surface area contributed by atoms with Crippen LogP contribution in [-0.2, 0) is 26.4 Å². The molecule has 1 saturated heterocycles. The van der Waals surface area contributed by atoms with Gasteiger partial charge in [0, 0.05) is 43.5 Å². The van der Waals surface area contributed by atoms with Crippen molar-refractivity contribution >= 4 is 5.91 Å². The van der Waals surface area contributed by atoms with Crippen molar-refractivity contribution in [3.63, 3.8) is 0 Å². The first-order valence-electron chi connectivity index (χ1n) is 13.3. The molecule has 1 fully saturated rings. The van der Waals surface area contributed by atoms with Gasteiger partial charge in [0.2, 0.25) is 0 Å². The number of likely N-dealkylation sites (tertiary alicyclic amines) is 1. The van der Waals surface area contributed by atoms with Gasteiger partial charge >= 0.3 is 0 Å². The second-order valence-corrected chi connectivity index (χ2v) is 10.7. The molecule has 2 aliphatic heterocycles. The van der Waals surface area contributed by atoms with Crippen LogP contribution in [0.3, 0.4) is 0 Å². The van der Waals surface area contributed by atoms with Gasteiger partial charge in [-0.05, 0) is 80.5 Å². The van der Waals surface area contributed by atoms with Crippen molar-refractivity contribution in [1.82, 2.24) is 14.0 Å². The van der Waals surface area contributed by atoms with Crippen LogP contribution >= 0.6 is 0 Å². The van der Waals surface area contributed by atoms with Crippen LogP contribution in [0.2, 0.25) is 0 Å². The number of carbonyl (C=O) groups excluding carboxylic acids is 1. The molecule has 2 aliphatic rings. The number of hydrogen-bond acceptors (Lipinski definition) is 4. The van der Waals surface area contributed by atoms with Gasteiger partial charge in [-0.3, -0.25) is 9.59 Å². The molecule has 0 bridgehead atoms. The standard InChI is InChI=1S/C30H37N3O4/c1-6-8-22-15-25(29(36)33-12-7-11-30(33,3)19(2)34)32-14-10-20-16-26(37-5)23(18-24(20)28(22)32)21-9-13-31(4)27(35)17-21/h9,13,15-19,34H,6-8,10-12,14H2,1-5H3/t19-,30-/m1/s1. The van der Waals surface area contributed by atoms with Crippen LogP contribution < -0.4 is 10.3 Å². The number of nitrogens with zero attached hydrogens (tertiary/aromatic N) is 3. The summed E-state index contributed by atoms with van der Waals surface area (Å²) in [7, 11) is 3.40. The molecule has 1 aromatic carbocycles. The van der Waals surface area contributed by atoms with Gasteiger partial charge < -0.3 is 23.9 Å². The first-order chi connectivity index (χ1) is 17.7. The monoisotopic (exact) mass is 503 g/mol. The molecule has 4 heterocycles. The third-order valence-electron chi connectivity index (χ3n) is 8.44. The van der Waals surface area contributed by atoms with E-state index in [9.17, 15) is 14.7 Å². The number of fused-ring (bicyclic) bond motifs is 3. The maximum Gasteiger partial charge on any atom is 0.271 e. The second kappa shape index (κ2) is 9.53. The van der Waals surface area contributed by atoms with Gasteiger partial charge in [-0.25, -0.2) is 0 Å². The molecule has 0 radical (unpaired) electrons. The van der Waals surface area contributed by atoms with Crippen molar-refractivity contribution in [1.29, 1.82) is 0 Å². The first-order valence-corrected chi connectivity index (χ1v) is 13.3. The number of aliphatic hydroxyl groups excluding tert-OH is 1. The molecule has 1 amide bonds. The van der Waals surface area contributed by atoms with E-state index in [4.69, 9.17) is 4.74 Å². The first kappa shape index (κ1) is 25.3. The number of amides is 1. The van der Waals surface area contributed by atoms with Crippen LogP contribution in [0.15, 0.2) is 41.3 Å². The highest BCUT2D eigenvalue weighted by Crippen LogP contribution is 2.43. The van der Waals surface area contributed by atoms with Crippen LogP contribution in [0, 0.1) is 0 Å². The van der Waals surface area contributed by atoms with Crippen molar-refractivity contribution in [3.05, 3.63) is 63.7 Å². The van der Waals surface area contributed by atoms with E-state index in [1.807, 2.05) is 17.9 Å². The zero-order chi connectivity index (χ0) is 26.5. The Labute approximate surface area is 218 Å². The third kappa shape index (κ3) is 4.09. The lowest BCUT2D eigenvalue weighted by Gasteiger charge is -2.38. The molecule has 2 atom stereocenters. The summed E-state index contributed by atoms with van der Waals surface area (Å²) >= 11 is 0. The predicted molar refractivity (Wildman–Crippen MR) is 145 cm³/mol. The van der Waals surface area contributed by atoms with E-state index in [-0.39, 0.29) is 11.5 Å². The Kier molecular flexibility index (Phi) is 6.52. The van der Waals surface area contributed by atoms with Gasteiger partial charge in [0.15, 0.2) is 0 Å². The molecule has 2 aromatic heterocycles. The molecule has 1 N–H and O–H groups in total. The number of methoxy groups -OCH3 is 1. The summed E-state index contributed by atoms with van der Waals surface area (Å²) in [4.78, 5) is 28.2. The van der Waals surface area contributed by atoms with E-state index >= 15 is 0 Å². The Bertz CT molecular complexity index is 1420. The summed E-state index contributed by atoms with van der Waals surface area (Å²) in [6.07, 6.45) is 5.48. The largest absolute Gasteiger partial charge is 0.496 e. The molecule has 0 unspecified atom stereocenters. The number of benzene rings is 1. The molecular weight excluding hydrogens is 466 g/mol. The molecule has 0 saturated carbocycles. The van der Waals surface area contributed by atoms with Crippen molar-refractivity contribution in [3.8, 4) is 28.1 Å². The van der Waals surface area contributed by atoms with Crippen LogP contribution in [0.25, 0.3) is 22.4 Å². The number of aromatic nitrogens is 2. The Morgan fingerprint density at radius 2 is 1.97 bits per heavy atom. The van der Waals surface area contributed by atoms with Gasteiger partial charge in [-0.1, -0.05) is 13.3 Å². The number of aryl methyl sites for hydroxylation is 3. The molecular formula is C30H37N3O4. The average Bonchev–Trinajstić information content (AvgIpc) is 3.46. The highest BCUT2D eigenvalue weighted by Gasteiger charge is 2.44. The van der Waals surface area contributed by atoms with Crippen LogP contribution in [-0.4, -0.2) is 50.3 Å². The fourth-order valence-corrected chi connectivity index (χ4v) is 6.08. The number of pyridine rings is 1. The molecule has 37 heavy (non-hydrogen) atoms. The van der Waals surface area contributed by atoms with Crippen molar-refractivity contribution < 1.29 is 14.6 Å². The lowest BCUT2D eigenvalue weighted by Crippen LogP contribution is -2.52. The Morgan fingerprint density at radius 3 is 2.65 bits per heavy atom. The van der Waals surface area contributed by atoms with Crippen LogP contribution in [0.1, 0.15) is 61.6 Å². The van der Waals surface area contributed by atoms with Crippen molar-refractivity contribution in [2.45, 2.75) is 71.1 Å². The predicted octanol–water partition coefficient (Wildman–Crippen LogP) is 4.41. The number of hydrogen-bond donors (Lipinski definition) is 1. The summed E-state index contributed by atoms with van der Waals surface area (Å²) in [5.41, 5.74) is 6.25. The SMILES string of the molecule is CCCc1cc(C(=O)N2CCC[C@]2(C)[C@@H](C)O)n2c1-c1cc(-c3ccn(C)c(=O)c3)c(OC)cc1CC2. The Hall–Kier alpha value is -3.32. The molecule has 7 heteroatoms. The van der Waals surface area contributed by atoms with E-state index in [2.05, 4.69) is 29.7 Å². The minimum Gasteiger partial charge on any atom is -0.496 e. The lowest BCUT2D eigenvalue weighted by atomic mass is 9.91. The summed E-state index contributed by atoms with van der Waals surface area (Å²) < 4.78 is 9.49. The average molecular weight is 504 g/mol. The van der Waals surface area contributed by atoms with Crippen LogP contribution in [0.4, 0.5) is 0 Å². The van der Waals surface area contributed by atoms with E-state index in [0.717, 1.165) is 65.8 Å². The lowest BCUT2D eigenvalue weighted by molar-refractivity contribution is 0.0145. The fourth-order valence-electron chi connectivity index (χ4n) is 6.08. The summed E-state index contributed by atoms with van der Waals surface area (Å²) in [6.45, 7) is 7.29. The number of carbonyl (C=O) groups is 1. The third-order valence-corrected chi connectivity index (χ3v) is 8.44. The van der Waals surface area contributed by atoms with Crippen molar-refractivity contribution in [2.75, 3.05) is 13.7 Å². The summed E-state index contributed by atoms with van der Waals surface area (Å²) in [6, 6.07) is 9.84. The number of rotatable bonds is 6. The van der Waals surface area contributed by atoms with E-state index in [0.29, 0.717) is 18.8 Å². The van der Waals surface area contributed by atoms with Gasteiger partial charge in [0.25, 0.3) is 11.5 Å². The second-order valence-electron chi connectivity index (χ2n) is 10.7. The zero-order valence-corrected chi connectivity index (χ0v) is 22.5. The normalized spacial score (nSPS) is 19.5. The quantitative estimate of drug-likeness (QED) is 0.541. The molecule has 0 aliphatic carbocycles. The van der Waals surface area contributed by atoms with Crippen LogP contribution in [0.5, 0.6) is 5.75 Å². The minimum absolute atomic E-state index is 0.00626. The van der Waals surface area contributed by atoms with Gasteiger partial charge in [-0.2, -0.15) is 0 Å². The fraction of sp³-hybridized carbons (Fsp3) is 0.467. The summed E-state index contributed by atoms with van der Waals surface area (Å²) in [5.74, 6) is 0.735. The Balaban J connectivity index is 1.67. The Morgan fingerprint density at radius 1 is 1.19 bits per heavy atom. The van der Waals surface area contributed by atoms with E-state index in [1.165, 1.54) is 5.56 Å². The molecule has 7 nitrogen and oxygen atoms in total. The van der Waals surface area contributed by atoms with E-state index < -0.39 is 11.6 Å². The highest BCUT2D eigenvalue weighted by molar-refractivity contribution is 5.96. The molecule has 3 aromatic rings. The van der Waals surface area contributed by atoms with Gasteiger partial charge in [-0.15, -0.1) is 0 Å². The zero-order valence-electron chi connectivity index (χ0n) is 22.5. The van der Waals surface area contributed by atoms with Crippen molar-refractivity contribution in [2.24, 2.45) is 7.05 Å². The smallest absolute Gasteiger partial charge is 0.271 e. The molecule has 5 rings (SSSR count). The molecule has 0 spiro atoms. The van der Waals surface area contributed by atoms with E-state index in [1.54, 1.807) is 37.9 Å². The topological polar surface area (TPSA) is 76.7 Å². The number of aliphatic hydroxyl groups is 1. The highest BCUT2D eigenvalue weighted by atomic mass is 16.5. The maximum absolute atomic E-state index is 14.0. The summed E-state index contributed by atoms with van der Waals surface area (Å²) in [5, 5.41) is 10.5. The molecule has 196 valence electrons. The van der Waals surface area contributed by atoms with Gasteiger partial charge in [0.05, 0.1) is 24.4 Å². The van der Waals surface area contributed by atoms with Gasteiger partial charge in [0.1, 0.15) is 11.4 Å². The number of ether oxygens (including phenoxy) is 1. The minimum atomic E-state index is -0.598. The maximum atomic E-state index is 14.0.